The van der Waals surface area contributed by atoms with Crippen molar-refractivity contribution in [3.05, 3.63) is 88.4 Å². The molecule has 2 amide bonds. The van der Waals surface area contributed by atoms with Gasteiger partial charge in [0.1, 0.15) is 0 Å². The summed E-state index contributed by atoms with van der Waals surface area (Å²) in [7, 11) is 0. The highest BCUT2D eigenvalue weighted by atomic mass is 35.5. The molecule has 3 aromatic rings. The maximum Gasteiger partial charge on any atom is 0.259 e. The summed E-state index contributed by atoms with van der Waals surface area (Å²) in [6.45, 7) is 1.54. The van der Waals surface area contributed by atoms with Gasteiger partial charge in [0.25, 0.3) is 11.8 Å². The number of amides is 2. The fourth-order valence-electron chi connectivity index (χ4n) is 4.13. The standard InChI is InChI=1S/C26H23ClN2O3S/c27-21-9-3-1-6-18(21)16-29-22-14-17(25(30)28-15-19-7-5-13-32-19)11-12-24(22)33-23-10-4-2-8-20(23)26(29)31/h1-4,6,8-12,14,19H,5,7,13,15-16H2,(H,28,30)/t19-/m0/s1. The Hall–Kier alpha value is -2.80. The van der Waals surface area contributed by atoms with Crippen LogP contribution in [0.2, 0.25) is 5.02 Å². The molecule has 33 heavy (non-hydrogen) atoms. The molecular weight excluding hydrogens is 456 g/mol. The van der Waals surface area contributed by atoms with Gasteiger partial charge in [-0.3, -0.25) is 9.59 Å². The van der Waals surface area contributed by atoms with Crippen molar-refractivity contribution in [2.75, 3.05) is 18.1 Å². The first-order valence-electron chi connectivity index (χ1n) is 11.0. The molecule has 5 nitrogen and oxygen atoms in total. The summed E-state index contributed by atoms with van der Waals surface area (Å²) in [5.41, 5.74) is 2.69. The zero-order valence-corrected chi connectivity index (χ0v) is 19.5. The number of benzene rings is 3. The molecule has 1 atom stereocenters. The van der Waals surface area contributed by atoms with Crippen LogP contribution in [0.15, 0.2) is 76.5 Å². The van der Waals surface area contributed by atoms with Crippen LogP contribution in [0.5, 0.6) is 0 Å². The molecule has 0 aromatic heterocycles. The molecule has 0 saturated carbocycles. The van der Waals surface area contributed by atoms with Gasteiger partial charge >= 0.3 is 0 Å². The lowest BCUT2D eigenvalue weighted by molar-refractivity contribution is 0.0857. The van der Waals surface area contributed by atoms with Crippen LogP contribution in [0, 0.1) is 0 Å². The Balaban J connectivity index is 1.50. The second-order valence-corrected chi connectivity index (χ2v) is 9.60. The van der Waals surface area contributed by atoms with E-state index < -0.39 is 0 Å². The highest BCUT2D eigenvalue weighted by Gasteiger charge is 2.29. The average molecular weight is 479 g/mol. The number of halogens is 1. The largest absolute Gasteiger partial charge is 0.376 e. The van der Waals surface area contributed by atoms with Crippen LogP contribution in [-0.4, -0.2) is 31.1 Å². The Kier molecular flexibility index (Phi) is 6.40. The SMILES string of the molecule is O=C(NC[C@@H]1CCCO1)c1ccc2c(c1)N(Cc1ccccc1Cl)C(=O)c1ccccc1S2. The fourth-order valence-corrected chi connectivity index (χ4v) is 5.38. The Morgan fingerprint density at radius 3 is 2.73 bits per heavy atom. The Morgan fingerprint density at radius 1 is 1.09 bits per heavy atom. The predicted molar refractivity (Wildman–Crippen MR) is 130 cm³/mol. The molecule has 1 saturated heterocycles. The van der Waals surface area contributed by atoms with Gasteiger partial charge in [-0.2, -0.15) is 0 Å². The topological polar surface area (TPSA) is 58.6 Å². The first-order chi connectivity index (χ1) is 16.1. The van der Waals surface area contributed by atoms with E-state index in [1.807, 2.05) is 60.7 Å². The molecule has 3 aromatic carbocycles. The lowest BCUT2D eigenvalue weighted by Gasteiger charge is -2.24. The van der Waals surface area contributed by atoms with Gasteiger partial charge in [-0.05, 0) is 54.8 Å². The second kappa shape index (κ2) is 9.59. The molecule has 0 spiro atoms. The van der Waals surface area contributed by atoms with Crippen molar-refractivity contribution >= 4 is 40.9 Å². The molecular formula is C26H23ClN2O3S. The fraction of sp³-hybridized carbons (Fsp3) is 0.231. The van der Waals surface area contributed by atoms with E-state index in [1.54, 1.807) is 11.0 Å². The summed E-state index contributed by atoms with van der Waals surface area (Å²) in [6.07, 6.45) is 2.05. The van der Waals surface area contributed by atoms with Gasteiger partial charge in [0.2, 0.25) is 0 Å². The van der Waals surface area contributed by atoms with Gasteiger partial charge in [0.15, 0.2) is 0 Å². The molecule has 0 bridgehead atoms. The molecule has 0 aliphatic carbocycles. The summed E-state index contributed by atoms with van der Waals surface area (Å²) in [6, 6.07) is 20.6. The Labute approximate surface area is 202 Å². The molecule has 2 aliphatic rings. The van der Waals surface area contributed by atoms with E-state index in [4.69, 9.17) is 16.3 Å². The van der Waals surface area contributed by atoms with E-state index in [-0.39, 0.29) is 17.9 Å². The highest BCUT2D eigenvalue weighted by molar-refractivity contribution is 7.99. The minimum atomic E-state index is -0.176. The molecule has 0 radical (unpaired) electrons. The molecule has 7 heteroatoms. The zero-order valence-electron chi connectivity index (χ0n) is 17.9. The minimum Gasteiger partial charge on any atom is -0.376 e. The summed E-state index contributed by atoms with van der Waals surface area (Å²) >= 11 is 7.96. The summed E-state index contributed by atoms with van der Waals surface area (Å²) in [5, 5.41) is 3.57. The van der Waals surface area contributed by atoms with Crippen molar-refractivity contribution in [1.29, 1.82) is 0 Å². The molecule has 5 rings (SSSR count). The number of nitrogens with zero attached hydrogens (tertiary/aromatic N) is 1. The third-order valence-electron chi connectivity index (χ3n) is 5.90. The average Bonchev–Trinajstić information content (AvgIpc) is 3.32. The number of nitrogens with one attached hydrogen (secondary N) is 1. The van der Waals surface area contributed by atoms with Crippen molar-refractivity contribution in [3.63, 3.8) is 0 Å². The van der Waals surface area contributed by atoms with E-state index >= 15 is 0 Å². The zero-order chi connectivity index (χ0) is 22.8. The number of hydrogen-bond acceptors (Lipinski definition) is 4. The number of ether oxygens (including phenoxy) is 1. The van der Waals surface area contributed by atoms with Crippen LogP contribution in [0.25, 0.3) is 0 Å². The van der Waals surface area contributed by atoms with Crippen LogP contribution in [0.1, 0.15) is 39.1 Å². The van der Waals surface area contributed by atoms with E-state index in [9.17, 15) is 9.59 Å². The van der Waals surface area contributed by atoms with Crippen molar-refractivity contribution in [2.45, 2.75) is 35.3 Å². The minimum absolute atomic E-state index is 0.0677. The lowest BCUT2D eigenvalue weighted by Crippen LogP contribution is -2.33. The maximum absolute atomic E-state index is 13.6. The number of hydrogen-bond donors (Lipinski definition) is 1. The first kappa shape index (κ1) is 22.0. The van der Waals surface area contributed by atoms with Crippen LogP contribution in [-0.2, 0) is 11.3 Å². The number of carbonyl (C=O) groups is 2. The van der Waals surface area contributed by atoms with Crippen LogP contribution < -0.4 is 10.2 Å². The van der Waals surface area contributed by atoms with E-state index in [0.29, 0.717) is 34.9 Å². The summed E-state index contributed by atoms with van der Waals surface area (Å²) in [4.78, 5) is 30.1. The molecule has 2 heterocycles. The molecule has 2 aliphatic heterocycles. The van der Waals surface area contributed by atoms with Crippen molar-refractivity contribution < 1.29 is 14.3 Å². The van der Waals surface area contributed by atoms with E-state index in [1.165, 1.54) is 11.8 Å². The Bertz CT molecular complexity index is 1210. The molecule has 1 N–H and O–H groups in total. The first-order valence-corrected chi connectivity index (χ1v) is 12.2. The summed E-state index contributed by atoms with van der Waals surface area (Å²) in [5.74, 6) is -0.293. The second-order valence-electron chi connectivity index (χ2n) is 8.11. The van der Waals surface area contributed by atoms with Gasteiger partial charge in [-0.15, -0.1) is 0 Å². The van der Waals surface area contributed by atoms with Crippen molar-refractivity contribution in [3.8, 4) is 0 Å². The van der Waals surface area contributed by atoms with Gasteiger partial charge in [0, 0.05) is 33.5 Å². The van der Waals surface area contributed by atoms with Crippen molar-refractivity contribution in [2.24, 2.45) is 0 Å². The number of anilines is 1. The number of fused-ring (bicyclic) bond motifs is 2. The molecule has 168 valence electrons. The van der Waals surface area contributed by atoms with E-state index in [2.05, 4.69) is 5.32 Å². The number of carbonyl (C=O) groups excluding carboxylic acids is 2. The normalized spacial score (nSPS) is 17.3. The Morgan fingerprint density at radius 2 is 1.91 bits per heavy atom. The third kappa shape index (κ3) is 4.64. The third-order valence-corrected chi connectivity index (χ3v) is 7.40. The summed E-state index contributed by atoms with van der Waals surface area (Å²) < 4.78 is 5.61. The molecule has 0 unspecified atom stereocenters. The van der Waals surface area contributed by atoms with Gasteiger partial charge < -0.3 is 15.0 Å². The van der Waals surface area contributed by atoms with Crippen LogP contribution in [0.4, 0.5) is 5.69 Å². The van der Waals surface area contributed by atoms with Gasteiger partial charge in [-0.25, -0.2) is 0 Å². The lowest BCUT2D eigenvalue weighted by atomic mass is 10.1. The van der Waals surface area contributed by atoms with Crippen molar-refractivity contribution in [1.82, 2.24) is 5.32 Å². The van der Waals surface area contributed by atoms with Gasteiger partial charge in [0.05, 0.1) is 23.9 Å². The monoisotopic (exact) mass is 478 g/mol. The molecule has 1 fully saturated rings. The van der Waals surface area contributed by atoms with E-state index in [0.717, 1.165) is 34.8 Å². The predicted octanol–water partition coefficient (Wildman–Crippen LogP) is 5.56. The van der Waals surface area contributed by atoms with Crippen LogP contribution >= 0.6 is 23.4 Å². The van der Waals surface area contributed by atoms with Crippen LogP contribution in [0.3, 0.4) is 0 Å². The smallest absolute Gasteiger partial charge is 0.259 e. The quantitative estimate of drug-likeness (QED) is 0.521. The number of rotatable bonds is 5. The highest BCUT2D eigenvalue weighted by Crippen LogP contribution is 2.42. The maximum atomic E-state index is 13.6. The van der Waals surface area contributed by atoms with Gasteiger partial charge in [-0.1, -0.05) is 53.7 Å².